The summed E-state index contributed by atoms with van der Waals surface area (Å²) in [5.41, 5.74) is 4.53. The van der Waals surface area contributed by atoms with E-state index in [1.807, 2.05) is 44.1 Å². The smallest absolute Gasteiger partial charge is 0.261 e. The van der Waals surface area contributed by atoms with Gasteiger partial charge in [0, 0.05) is 37.2 Å². The summed E-state index contributed by atoms with van der Waals surface area (Å²) >= 11 is 0. The molecule has 1 aliphatic carbocycles. The molecule has 0 saturated carbocycles. The maximum absolute atomic E-state index is 12.9. The van der Waals surface area contributed by atoms with Gasteiger partial charge in [-0.1, -0.05) is 6.07 Å². The summed E-state index contributed by atoms with van der Waals surface area (Å²) < 4.78 is 28.4. The Balaban J connectivity index is 1.48. The largest absolute Gasteiger partial charge is 0.363 e. The van der Waals surface area contributed by atoms with Crippen molar-refractivity contribution in [1.82, 2.24) is 9.97 Å². The molecule has 31 heavy (non-hydrogen) atoms. The van der Waals surface area contributed by atoms with E-state index in [-0.39, 0.29) is 0 Å². The third kappa shape index (κ3) is 4.96. The molecule has 0 unspecified atom stereocenters. The highest BCUT2D eigenvalue weighted by Crippen LogP contribution is 2.26. The summed E-state index contributed by atoms with van der Waals surface area (Å²) in [5, 5.41) is 3.17. The van der Waals surface area contributed by atoms with Crippen LogP contribution in [0, 0.1) is 6.92 Å². The van der Waals surface area contributed by atoms with Crippen LogP contribution in [-0.4, -0.2) is 32.5 Å². The van der Waals surface area contributed by atoms with E-state index in [4.69, 9.17) is 0 Å². The number of aryl methyl sites for hydroxylation is 3. The quantitative estimate of drug-likeness (QED) is 0.599. The minimum absolute atomic E-state index is 0.305. The Kier molecular flexibility index (Phi) is 5.82. The van der Waals surface area contributed by atoms with Gasteiger partial charge in [-0.2, -0.15) is 4.98 Å². The van der Waals surface area contributed by atoms with Gasteiger partial charge < -0.3 is 10.2 Å². The first-order valence-electron chi connectivity index (χ1n) is 10.3. The lowest BCUT2D eigenvalue weighted by Crippen LogP contribution is -2.14. The number of aromatic nitrogens is 2. The first-order valence-corrected chi connectivity index (χ1v) is 11.8. The number of fused-ring (bicyclic) bond motifs is 1. The lowest BCUT2D eigenvalue weighted by atomic mass is 9.92. The number of anilines is 4. The molecule has 1 aliphatic rings. The number of hydrogen-bond donors (Lipinski definition) is 2. The Hall–Kier alpha value is -3.13. The van der Waals surface area contributed by atoms with E-state index in [0.717, 1.165) is 42.0 Å². The lowest BCUT2D eigenvalue weighted by Gasteiger charge is -2.17. The second-order valence-electron chi connectivity index (χ2n) is 8.03. The Bertz CT molecular complexity index is 1190. The Labute approximate surface area is 183 Å². The molecule has 0 radical (unpaired) electrons. The SMILES string of the molecule is Cc1cc(N(C)C)nc(Nc2ccc(NS(=O)(=O)c3ccc4c(c3)CCCC4)cc2)n1. The molecule has 1 aromatic heterocycles. The van der Waals surface area contributed by atoms with Crippen LogP contribution in [0.5, 0.6) is 0 Å². The molecule has 3 aromatic rings. The summed E-state index contributed by atoms with van der Waals surface area (Å²) in [4.78, 5) is 11.1. The molecule has 2 N–H and O–H groups in total. The predicted molar refractivity (Wildman–Crippen MR) is 125 cm³/mol. The number of benzene rings is 2. The third-order valence-corrected chi connectivity index (χ3v) is 6.70. The molecule has 0 bridgehead atoms. The molecular weight excluding hydrogens is 410 g/mol. The van der Waals surface area contributed by atoms with Crippen LogP contribution in [-0.2, 0) is 22.9 Å². The van der Waals surface area contributed by atoms with E-state index in [2.05, 4.69) is 20.0 Å². The molecule has 0 amide bonds. The topological polar surface area (TPSA) is 87.2 Å². The first-order chi connectivity index (χ1) is 14.8. The molecule has 7 nitrogen and oxygen atoms in total. The van der Waals surface area contributed by atoms with Gasteiger partial charge in [0.15, 0.2) is 0 Å². The van der Waals surface area contributed by atoms with Crippen LogP contribution in [0.15, 0.2) is 53.4 Å². The van der Waals surface area contributed by atoms with E-state index in [1.54, 1.807) is 30.3 Å². The van der Waals surface area contributed by atoms with Crippen LogP contribution < -0.4 is 14.9 Å². The highest BCUT2D eigenvalue weighted by Gasteiger charge is 2.18. The summed E-state index contributed by atoms with van der Waals surface area (Å²) in [6.45, 7) is 1.92. The van der Waals surface area contributed by atoms with E-state index >= 15 is 0 Å². The molecule has 162 valence electrons. The van der Waals surface area contributed by atoms with Crippen molar-refractivity contribution in [3.8, 4) is 0 Å². The molecule has 0 fully saturated rings. The number of hydrogen-bond acceptors (Lipinski definition) is 6. The summed E-state index contributed by atoms with van der Waals surface area (Å²) in [6, 6.07) is 14.4. The van der Waals surface area contributed by atoms with Crippen LogP contribution >= 0.6 is 0 Å². The van der Waals surface area contributed by atoms with E-state index < -0.39 is 10.0 Å². The highest BCUT2D eigenvalue weighted by molar-refractivity contribution is 7.92. The van der Waals surface area contributed by atoms with Gasteiger partial charge in [0.25, 0.3) is 10.0 Å². The van der Waals surface area contributed by atoms with Crippen LogP contribution in [0.4, 0.5) is 23.1 Å². The normalized spacial score (nSPS) is 13.4. The summed E-state index contributed by atoms with van der Waals surface area (Å²) in [7, 11) is 0.211. The minimum Gasteiger partial charge on any atom is -0.363 e. The molecule has 8 heteroatoms. The monoisotopic (exact) mass is 437 g/mol. The van der Waals surface area contributed by atoms with Crippen molar-refractivity contribution >= 4 is 33.2 Å². The van der Waals surface area contributed by atoms with E-state index in [1.165, 1.54) is 12.0 Å². The predicted octanol–water partition coefficient (Wildman–Crippen LogP) is 4.27. The zero-order valence-electron chi connectivity index (χ0n) is 18.0. The molecule has 1 heterocycles. The fraction of sp³-hybridized carbons (Fsp3) is 0.304. The lowest BCUT2D eigenvalue weighted by molar-refractivity contribution is 0.600. The second kappa shape index (κ2) is 8.55. The first kappa shape index (κ1) is 21.1. The second-order valence-corrected chi connectivity index (χ2v) is 9.71. The van der Waals surface area contributed by atoms with Gasteiger partial charge in [0.2, 0.25) is 5.95 Å². The molecule has 0 saturated heterocycles. The number of nitrogens with one attached hydrogen (secondary N) is 2. The van der Waals surface area contributed by atoms with Crippen molar-refractivity contribution in [1.29, 1.82) is 0 Å². The van der Waals surface area contributed by atoms with Crippen LogP contribution in [0.1, 0.15) is 29.7 Å². The van der Waals surface area contributed by atoms with Crippen LogP contribution in [0.2, 0.25) is 0 Å². The highest BCUT2D eigenvalue weighted by atomic mass is 32.2. The van der Waals surface area contributed by atoms with Gasteiger partial charge in [0.1, 0.15) is 5.82 Å². The molecule has 0 aliphatic heterocycles. The van der Waals surface area contributed by atoms with Gasteiger partial charge in [-0.25, -0.2) is 13.4 Å². The van der Waals surface area contributed by atoms with Gasteiger partial charge in [0.05, 0.1) is 4.90 Å². The van der Waals surface area contributed by atoms with Gasteiger partial charge >= 0.3 is 0 Å². The average molecular weight is 438 g/mol. The van der Waals surface area contributed by atoms with Crippen molar-refractivity contribution in [3.05, 3.63) is 65.4 Å². The Morgan fingerprint density at radius 2 is 1.55 bits per heavy atom. The molecule has 0 atom stereocenters. The number of nitrogens with zero attached hydrogens (tertiary/aromatic N) is 3. The van der Waals surface area contributed by atoms with Crippen molar-refractivity contribution < 1.29 is 8.42 Å². The zero-order chi connectivity index (χ0) is 22.0. The van der Waals surface area contributed by atoms with Gasteiger partial charge in [-0.3, -0.25) is 4.72 Å². The maximum atomic E-state index is 12.9. The summed E-state index contributed by atoms with van der Waals surface area (Å²) in [5.74, 6) is 1.30. The van der Waals surface area contributed by atoms with Crippen molar-refractivity contribution in [3.63, 3.8) is 0 Å². The van der Waals surface area contributed by atoms with Crippen LogP contribution in [0.3, 0.4) is 0 Å². The standard InChI is InChI=1S/C23H27N5O2S/c1-16-14-22(28(2)3)26-23(24-16)25-19-9-11-20(12-10-19)27-31(29,30)21-13-8-17-6-4-5-7-18(17)15-21/h8-15,27H,4-7H2,1-3H3,(H,24,25,26). The fourth-order valence-electron chi connectivity index (χ4n) is 3.68. The van der Waals surface area contributed by atoms with Crippen LogP contribution in [0.25, 0.3) is 0 Å². The average Bonchev–Trinajstić information content (AvgIpc) is 2.74. The van der Waals surface area contributed by atoms with Crippen molar-refractivity contribution in [2.75, 3.05) is 29.0 Å². The van der Waals surface area contributed by atoms with E-state index in [9.17, 15) is 8.42 Å². The fourth-order valence-corrected chi connectivity index (χ4v) is 4.79. The molecule has 0 spiro atoms. The number of sulfonamides is 1. The number of rotatable bonds is 6. The molecule has 4 rings (SSSR count). The third-order valence-electron chi connectivity index (χ3n) is 5.32. The zero-order valence-corrected chi connectivity index (χ0v) is 18.8. The Morgan fingerprint density at radius 1 is 0.871 bits per heavy atom. The molecular formula is C23H27N5O2S. The molecule has 2 aromatic carbocycles. The summed E-state index contributed by atoms with van der Waals surface area (Å²) in [6.07, 6.45) is 4.24. The Morgan fingerprint density at radius 3 is 2.26 bits per heavy atom. The maximum Gasteiger partial charge on any atom is 0.261 e. The van der Waals surface area contributed by atoms with Gasteiger partial charge in [-0.05, 0) is 80.1 Å². The minimum atomic E-state index is -3.64. The van der Waals surface area contributed by atoms with Gasteiger partial charge in [-0.15, -0.1) is 0 Å². The van der Waals surface area contributed by atoms with E-state index in [0.29, 0.717) is 16.5 Å². The van der Waals surface area contributed by atoms with Crippen molar-refractivity contribution in [2.24, 2.45) is 0 Å². The van der Waals surface area contributed by atoms with Crippen molar-refractivity contribution in [2.45, 2.75) is 37.5 Å².